The van der Waals surface area contributed by atoms with Crippen LogP contribution in [-0.2, 0) is 4.79 Å². The number of carboxylic acids is 1. The Labute approximate surface area is 108 Å². The lowest BCUT2D eigenvalue weighted by Crippen LogP contribution is -2.16. The van der Waals surface area contributed by atoms with Crippen LogP contribution in [0.2, 0.25) is 0 Å². The van der Waals surface area contributed by atoms with Crippen LogP contribution in [0.3, 0.4) is 0 Å². The molecule has 0 saturated heterocycles. The molecule has 1 aromatic rings. The minimum atomic E-state index is -0.804. The number of aliphatic carboxylic acids is 1. The standard InChI is InChI=1S/C14H22N2O2/c1-9-7-11(12(15)5-6-14(17)18)8-13(10(9)2)16(3)4/h7-8,12H,5-6,15H2,1-4H3,(H,17,18). The van der Waals surface area contributed by atoms with Gasteiger partial charge in [0.2, 0.25) is 0 Å². The fourth-order valence-corrected chi connectivity index (χ4v) is 1.99. The van der Waals surface area contributed by atoms with Crippen LogP contribution in [0, 0.1) is 13.8 Å². The minimum absolute atomic E-state index is 0.103. The highest BCUT2D eigenvalue weighted by molar-refractivity contribution is 5.66. The first-order valence-corrected chi connectivity index (χ1v) is 6.08. The van der Waals surface area contributed by atoms with Crippen LogP contribution in [0.1, 0.15) is 35.6 Å². The number of nitrogens with two attached hydrogens (primary N) is 1. The maximum Gasteiger partial charge on any atom is 0.303 e. The maximum atomic E-state index is 10.6. The van der Waals surface area contributed by atoms with E-state index in [4.69, 9.17) is 10.8 Å². The molecule has 4 heteroatoms. The lowest BCUT2D eigenvalue weighted by atomic mass is 9.96. The van der Waals surface area contributed by atoms with Gasteiger partial charge in [-0.05, 0) is 43.0 Å². The highest BCUT2D eigenvalue weighted by Gasteiger charge is 2.12. The molecule has 0 aliphatic rings. The van der Waals surface area contributed by atoms with Crippen LogP contribution < -0.4 is 10.6 Å². The molecular formula is C14H22N2O2. The summed E-state index contributed by atoms with van der Waals surface area (Å²) >= 11 is 0. The number of carbonyl (C=O) groups is 1. The number of anilines is 1. The van der Waals surface area contributed by atoms with E-state index in [0.717, 1.165) is 11.3 Å². The molecule has 3 N–H and O–H groups in total. The Kier molecular flexibility index (Phi) is 4.73. The van der Waals surface area contributed by atoms with E-state index in [1.165, 1.54) is 11.1 Å². The fourth-order valence-electron chi connectivity index (χ4n) is 1.99. The highest BCUT2D eigenvalue weighted by atomic mass is 16.4. The van der Waals surface area contributed by atoms with E-state index in [-0.39, 0.29) is 12.5 Å². The van der Waals surface area contributed by atoms with Crippen molar-refractivity contribution in [3.63, 3.8) is 0 Å². The minimum Gasteiger partial charge on any atom is -0.481 e. The summed E-state index contributed by atoms with van der Waals surface area (Å²) in [5, 5.41) is 8.69. The number of rotatable bonds is 5. The zero-order valence-electron chi connectivity index (χ0n) is 11.5. The van der Waals surface area contributed by atoms with Crippen LogP contribution in [0.15, 0.2) is 12.1 Å². The monoisotopic (exact) mass is 250 g/mol. The molecular weight excluding hydrogens is 228 g/mol. The molecule has 1 aromatic carbocycles. The number of carboxylic acid groups (broad SMARTS) is 1. The van der Waals surface area contributed by atoms with Crippen LogP contribution in [0.4, 0.5) is 5.69 Å². The van der Waals surface area contributed by atoms with Crippen molar-refractivity contribution in [2.75, 3.05) is 19.0 Å². The lowest BCUT2D eigenvalue weighted by molar-refractivity contribution is -0.137. The molecule has 18 heavy (non-hydrogen) atoms. The number of benzene rings is 1. The van der Waals surface area contributed by atoms with Gasteiger partial charge in [0, 0.05) is 32.2 Å². The third-order valence-corrected chi connectivity index (χ3v) is 3.24. The molecule has 1 unspecified atom stereocenters. The highest BCUT2D eigenvalue weighted by Crippen LogP contribution is 2.27. The molecule has 1 atom stereocenters. The van der Waals surface area contributed by atoms with Crippen molar-refractivity contribution in [3.8, 4) is 0 Å². The number of nitrogens with zero attached hydrogens (tertiary/aromatic N) is 1. The molecule has 0 aliphatic carbocycles. The van der Waals surface area contributed by atoms with Crippen molar-refractivity contribution >= 4 is 11.7 Å². The average Bonchev–Trinajstić information content (AvgIpc) is 2.28. The van der Waals surface area contributed by atoms with E-state index >= 15 is 0 Å². The van der Waals surface area contributed by atoms with Gasteiger partial charge in [-0.15, -0.1) is 0 Å². The van der Waals surface area contributed by atoms with Crippen LogP contribution in [-0.4, -0.2) is 25.2 Å². The molecule has 0 aliphatic heterocycles. The van der Waals surface area contributed by atoms with Gasteiger partial charge in [-0.1, -0.05) is 6.07 Å². The number of hydrogen-bond acceptors (Lipinski definition) is 3. The topological polar surface area (TPSA) is 66.6 Å². The third-order valence-electron chi connectivity index (χ3n) is 3.24. The molecule has 1 rings (SSSR count). The quantitative estimate of drug-likeness (QED) is 0.841. The van der Waals surface area contributed by atoms with Crippen molar-refractivity contribution in [2.45, 2.75) is 32.7 Å². The molecule has 0 aromatic heterocycles. The van der Waals surface area contributed by atoms with Gasteiger partial charge < -0.3 is 15.7 Å². The van der Waals surface area contributed by atoms with Crippen LogP contribution >= 0.6 is 0 Å². The number of aryl methyl sites for hydroxylation is 1. The maximum absolute atomic E-state index is 10.6. The molecule has 0 amide bonds. The van der Waals surface area contributed by atoms with Gasteiger partial charge in [-0.2, -0.15) is 0 Å². The fraction of sp³-hybridized carbons (Fsp3) is 0.500. The number of hydrogen-bond donors (Lipinski definition) is 2. The lowest BCUT2D eigenvalue weighted by Gasteiger charge is -2.21. The molecule has 0 spiro atoms. The third kappa shape index (κ3) is 3.47. The second kappa shape index (κ2) is 5.87. The van der Waals surface area contributed by atoms with Gasteiger partial charge in [0.05, 0.1) is 0 Å². The zero-order chi connectivity index (χ0) is 13.9. The second-order valence-corrected chi connectivity index (χ2v) is 4.92. The molecule has 0 saturated carbocycles. The van der Waals surface area contributed by atoms with Crippen LogP contribution in [0.5, 0.6) is 0 Å². The summed E-state index contributed by atoms with van der Waals surface area (Å²) in [7, 11) is 3.99. The Balaban J connectivity index is 2.99. The summed E-state index contributed by atoms with van der Waals surface area (Å²) in [5.74, 6) is -0.804. The Bertz CT molecular complexity index is 442. The summed E-state index contributed by atoms with van der Waals surface area (Å²) in [5.41, 5.74) is 10.6. The van der Waals surface area contributed by atoms with E-state index in [1.807, 2.05) is 14.1 Å². The molecule has 100 valence electrons. The SMILES string of the molecule is Cc1cc(C(N)CCC(=O)O)cc(N(C)C)c1C. The van der Waals surface area contributed by atoms with Gasteiger partial charge in [0.25, 0.3) is 0 Å². The van der Waals surface area contributed by atoms with E-state index < -0.39 is 5.97 Å². The molecule has 0 radical (unpaired) electrons. The normalized spacial score (nSPS) is 12.3. The second-order valence-electron chi connectivity index (χ2n) is 4.92. The zero-order valence-corrected chi connectivity index (χ0v) is 11.5. The summed E-state index contributed by atoms with van der Waals surface area (Å²) < 4.78 is 0. The van der Waals surface area contributed by atoms with Gasteiger partial charge in [-0.25, -0.2) is 0 Å². The predicted molar refractivity (Wildman–Crippen MR) is 74.0 cm³/mol. The summed E-state index contributed by atoms with van der Waals surface area (Å²) in [6, 6.07) is 3.88. The first-order chi connectivity index (χ1) is 8.32. The smallest absolute Gasteiger partial charge is 0.303 e. The molecule has 4 nitrogen and oxygen atoms in total. The average molecular weight is 250 g/mol. The van der Waals surface area contributed by atoms with Crippen molar-refractivity contribution in [1.82, 2.24) is 0 Å². The first-order valence-electron chi connectivity index (χ1n) is 6.08. The van der Waals surface area contributed by atoms with Gasteiger partial charge >= 0.3 is 5.97 Å². The van der Waals surface area contributed by atoms with E-state index in [9.17, 15) is 4.79 Å². The Hall–Kier alpha value is -1.55. The largest absolute Gasteiger partial charge is 0.481 e. The Morgan fingerprint density at radius 1 is 1.39 bits per heavy atom. The van der Waals surface area contributed by atoms with E-state index in [0.29, 0.717) is 6.42 Å². The first kappa shape index (κ1) is 14.5. The predicted octanol–water partition coefficient (Wildman–Crippen LogP) is 2.23. The van der Waals surface area contributed by atoms with Crippen molar-refractivity contribution in [2.24, 2.45) is 5.73 Å². The Morgan fingerprint density at radius 2 is 2.00 bits per heavy atom. The van der Waals surface area contributed by atoms with Crippen LogP contribution in [0.25, 0.3) is 0 Å². The summed E-state index contributed by atoms with van der Waals surface area (Å²) in [4.78, 5) is 12.6. The summed E-state index contributed by atoms with van der Waals surface area (Å²) in [6.45, 7) is 4.13. The molecule has 0 bridgehead atoms. The van der Waals surface area contributed by atoms with Crippen molar-refractivity contribution < 1.29 is 9.90 Å². The van der Waals surface area contributed by atoms with Crippen molar-refractivity contribution in [1.29, 1.82) is 0 Å². The van der Waals surface area contributed by atoms with E-state index in [2.05, 4.69) is 30.9 Å². The molecule has 0 fully saturated rings. The van der Waals surface area contributed by atoms with E-state index in [1.54, 1.807) is 0 Å². The Morgan fingerprint density at radius 3 is 2.50 bits per heavy atom. The summed E-state index contributed by atoms with van der Waals surface area (Å²) in [6.07, 6.45) is 0.566. The van der Waals surface area contributed by atoms with Gasteiger partial charge in [0.15, 0.2) is 0 Å². The molecule has 0 heterocycles. The van der Waals surface area contributed by atoms with Gasteiger partial charge in [-0.3, -0.25) is 4.79 Å². The van der Waals surface area contributed by atoms with Crippen molar-refractivity contribution in [3.05, 3.63) is 28.8 Å². The van der Waals surface area contributed by atoms with Gasteiger partial charge in [0.1, 0.15) is 0 Å².